The Hall–Kier alpha value is -1.69. The van der Waals surface area contributed by atoms with E-state index in [1.54, 1.807) is 0 Å². The van der Waals surface area contributed by atoms with Gasteiger partial charge in [-0.05, 0) is 133 Å². The molecule has 3 saturated carbocycles. The van der Waals surface area contributed by atoms with Gasteiger partial charge in [0.05, 0.1) is 5.71 Å². The van der Waals surface area contributed by atoms with Gasteiger partial charge >= 0.3 is 6.09 Å². The summed E-state index contributed by atoms with van der Waals surface area (Å²) in [6.45, 7) is 17.3. The van der Waals surface area contributed by atoms with Crippen molar-refractivity contribution in [1.82, 2.24) is 10.2 Å². The first-order chi connectivity index (χ1) is 18.3. The fraction of sp³-hybridized carbons (Fsp3) is 0.848. The second kappa shape index (κ2) is 10.6. The van der Waals surface area contributed by atoms with E-state index in [1.165, 1.54) is 37.7 Å². The number of nitrogens with one attached hydrogen (secondary N) is 1. The van der Waals surface area contributed by atoms with Crippen molar-refractivity contribution >= 4 is 17.6 Å². The van der Waals surface area contributed by atoms with Gasteiger partial charge in [-0.2, -0.15) is 0 Å². The molecule has 4 fully saturated rings. The van der Waals surface area contributed by atoms with Crippen molar-refractivity contribution in [1.29, 1.82) is 0 Å². The zero-order chi connectivity index (χ0) is 28.2. The van der Waals surface area contributed by atoms with Crippen LogP contribution in [0.3, 0.4) is 0 Å². The van der Waals surface area contributed by atoms with Crippen LogP contribution in [0.25, 0.3) is 0 Å². The average Bonchev–Trinajstić information content (AvgIpc) is 3.44. The Morgan fingerprint density at radius 3 is 2.56 bits per heavy atom. The molecule has 1 aliphatic heterocycles. The zero-order valence-corrected chi connectivity index (χ0v) is 25.6. The molecule has 0 spiro atoms. The van der Waals surface area contributed by atoms with E-state index >= 15 is 0 Å². The zero-order valence-electron chi connectivity index (χ0n) is 25.6. The summed E-state index contributed by atoms with van der Waals surface area (Å²) in [4.78, 5) is 33.0. The Morgan fingerprint density at radius 1 is 1.10 bits per heavy atom. The third kappa shape index (κ3) is 5.24. The Morgan fingerprint density at radius 2 is 1.87 bits per heavy atom. The van der Waals surface area contributed by atoms with Crippen molar-refractivity contribution in [3.8, 4) is 0 Å². The number of hydrogen-bond acceptors (Lipinski definition) is 5. The van der Waals surface area contributed by atoms with Crippen LogP contribution in [0.1, 0.15) is 113 Å². The first-order valence-electron chi connectivity index (χ1n) is 15.8. The van der Waals surface area contributed by atoms with Crippen molar-refractivity contribution in [2.24, 2.45) is 45.6 Å². The Bertz CT molecular complexity index is 1030. The molecule has 0 radical (unpaired) electrons. The number of ketones is 1. The van der Waals surface area contributed by atoms with E-state index in [4.69, 9.17) is 4.84 Å². The average molecular weight is 540 g/mol. The second-order valence-electron chi connectivity index (χ2n) is 15.2. The maximum Gasteiger partial charge on any atom is 0.436 e. The van der Waals surface area contributed by atoms with Gasteiger partial charge in [0.1, 0.15) is 0 Å². The third-order valence-electron chi connectivity index (χ3n) is 12.1. The molecule has 1 amide bonds. The van der Waals surface area contributed by atoms with Gasteiger partial charge < -0.3 is 10.2 Å². The van der Waals surface area contributed by atoms with E-state index in [-0.39, 0.29) is 22.5 Å². The van der Waals surface area contributed by atoms with E-state index < -0.39 is 0 Å². The lowest BCUT2D eigenvalue weighted by molar-refractivity contribution is -0.117. The molecule has 2 unspecified atom stereocenters. The van der Waals surface area contributed by atoms with Crippen LogP contribution >= 0.6 is 0 Å². The summed E-state index contributed by atoms with van der Waals surface area (Å²) in [5, 5.41) is 8.11. The normalized spacial score (nSPS) is 40.4. The summed E-state index contributed by atoms with van der Waals surface area (Å²) in [7, 11) is 0. The van der Waals surface area contributed by atoms with Crippen LogP contribution in [0, 0.1) is 40.4 Å². The Kier molecular flexibility index (Phi) is 7.84. The molecule has 1 heterocycles. The van der Waals surface area contributed by atoms with Gasteiger partial charge in [-0.3, -0.25) is 9.63 Å². The SMILES string of the molecule is C/C(=N\OC(=O)N(CCC1NCCC1C)C(C)(C)C)[C@H]1CC[C@H]2[C@@H]3CCC4=CC(=O)CC[C@]4(C)[C@H]3CC[C@]12C. The summed E-state index contributed by atoms with van der Waals surface area (Å²) < 4.78 is 0. The molecular formula is C33H53N3O3. The minimum atomic E-state index is -0.331. The molecule has 218 valence electrons. The molecule has 0 bridgehead atoms. The predicted molar refractivity (Wildman–Crippen MR) is 156 cm³/mol. The molecule has 6 nitrogen and oxygen atoms in total. The molecular weight excluding hydrogens is 486 g/mol. The van der Waals surface area contributed by atoms with Crippen molar-refractivity contribution < 1.29 is 14.4 Å². The number of carbonyl (C=O) groups excluding carboxylic acids is 2. The first-order valence-corrected chi connectivity index (χ1v) is 15.8. The standard InChI is InChI=1S/C33H53N3O3/c1-21-14-18-34-29(21)15-19-36(31(3,4)5)30(38)39-35-22(2)26-10-11-27-25-9-8-23-20-24(37)12-16-32(23,6)28(25)13-17-33(26,27)7/h20-21,25-29,34H,8-19H2,1-7H3/b35-22+/t21?,25-,26+,27-,28-,29?,32-,33+/m0/s1. The molecule has 0 aromatic heterocycles. The number of amides is 1. The van der Waals surface area contributed by atoms with Crippen LogP contribution in [0.4, 0.5) is 4.79 Å². The molecule has 1 saturated heterocycles. The van der Waals surface area contributed by atoms with E-state index in [9.17, 15) is 9.59 Å². The number of allylic oxidation sites excluding steroid dienone is 1. The quantitative estimate of drug-likeness (QED) is 0.229. The van der Waals surface area contributed by atoms with Gasteiger partial charge in [-0.1, -0.05) is 31.5 Å². The molecule has 8 atom stereocenters. The predicted octanol–water partition coefficient (Wildman–Crippen LogP) is 7.14. The second-order valence-corrected chi connectivity index (χ2v) is 15.2. The summed E-state index contributed by atoms with van der Waals surface area (Å²) >= 11 is 0. The van der Waals surface area contributed by atoms with Gasteiger partial charge in [0.25, 0.3) is 0 Å². The molecule has 0 aromatic carbocycles. The lowest BCUT2D eigenvalue weighted by atomic mass is 9.46. The molecule has 39 heavy (non-hydrogen) atoms. The number of hydrogen-bond donors (Lipinski definition) is 1. The highest BCUT2D eigenvalue weighted by atomic mass is 16.7. The van der Waals surface area contributed by atoms with Crippen molar-refractivity contribution in [3.63, 3.8) is 0 Å². The van der Waals surface area contributed by atoms with Crippen LogP contribution < -0.4 is 5.32 Å². The lowest BCUT2D eigenvalue weighted by Crippen LogP contribution is -2.51. The van der Waals surface area contributed by atoms with Gasteiger partial charge in [0.2, 0.25) is 0 Å². The highest BCUT2D eigenvalue weighted by Gasteiger charge is 2.59. The monoisotopic (exact) mass is 539 g/mol. The summed E-state index contributed by atoms with van der Waals surface area (Å²) in [5.74, 6) is 3.44. The molecule has 4 aliphatic carbocycles. The number of oxime groups is 1. The fourth-order valence-corrected chi connectivity index (χ4v) is 9.72. The highest BCUT2D eigenvalue weighted by Crippen LogP contribution is 2.66. The van der Waals surface area contributed by atoms with Crippen molar-refractivity contribution in [3.05, 3.63) is 11.6 Å². The van der Waals surface area contributed by atoms with E-state index in [2.05, 4.69) is 58.9 Å². The maximum absolute atomic E-state index is 13.3. The largest absolute Gasteiger partial charge is 0.436 e. The molecule has 6 heteroatoms. The Labute approximate surface area is 236 Å². The van der Waals surface area contributed by atoms with Crippen LogP contribution in [0.15, 0.2) is 16.8 Å². The van der Waals surface area contributed by atoms with Crippen LogP contribution in [0.5, 0.6) is 0 Å². The minimum Gasteiger partial charge on any atom is -0.314 e. The van der Waals surface area contributed by atoms with E-state index in [1.807, 2.05) is 11.0 Å². The number of carbonyl (C=O) groups is 2. The molecule has 5 rings (SSSR count). The van der Waals surface area contributed by atoms with Crippen molar-refractivity contribution in [2.75, 3.05) is 13.1 Å². The van der Waals surface area contributed by atoms with Gasteiger partial charge in [0.15, 0.2) is 5.78 Å². The topological polar surface area (TPSA) is 71.0 Å². The van der Waals surface area contributed by atoms with Gasteiger partial charge in [0, 0.05) is 30.5 Å². The van der Waals surface area contributed by atoms with Gasteiger partial charge in [-0.25, -0.2) is 4.79 Å². The summed E-state index contributed by atoms with van der Waals surface area (Å²) in [6.07, 6.45) is 12.6. The number of fused-ring (bicyclic) bond motifs is 5. The smallest absolute Gasteiger partial charge is 0.314 e. The van der Waals surface area contributed by atoms with Crippen LogP contribution in [0.2, 0.25) is 0 Å². The number of nitrogens with zero attached hydrogens (tertiary/aromatic N) is 2. The molecule has 0 aromatic rings. The highest BCUT2D eigenvalue weighted by molar-refractivity contribution is 5.91. The Balaban J connectivity index is 1.25. The van der Waals surface area contributed by atoms with Gasteiger partial charge in [-0.15, -0.1) is 0 Å². The minimum absolute atomic E-state index is 0.205. The molecule has 1 N–H and O–H groups in total. The molecule has 5 aliphatic rings. The fourth-order valence-electron chi connectivity index (χ4n) is 9.72. The number of rotatable bonds is 5. The summed E-state index contributed by atoms with van der Waals surface area (Å²) in [5.41, 5.74) is 2.51. The van der Waals surface area contributed by atoms with Crippen LogP contribution in [-0.4, -0.2) is 47.2 Å². The maximum atomic E-state index is 13.3. The third-order valence-corrected chi connectivity index (χ3v) is 12.1. The van der Waals surface area contributed by atoms with E-state index in [0.717, 1.165) is 43.9 Å². The van der Waals surface area contributed by atoms with Crippen molar-refractivity contribution in [2.45, 2.75) is 124 Å². The van der Waals surface area contributed by atoms with E-state index in [0.29, 0.717) is 48.5 Å². The van der Waals surface area contributed by atoms with Crippen LogP contribution in [-0.2, 0) is 9.63 Å². The first kappa shape index (κ1) is 28.8. The summed E-state index contributed by atoms with van der Waals surface area (Å²) in [6, 6.07) is 0.459. The lowest BCUT2D eigenvalue weighted by Gasteiger charge is -2.58.